The zero-order valence-electron chi connectivity index (χ0n) is 11.4. The highest BCUT2D eigenvalue weighted by Gasteiger charge is 2.39. The summed E-state index contributed by atoms with van der Waals surface area (Å²) in [5.74, 6) is -0.0239. The monoisotopic (exact) mass is 310 g/mol. The Morgan fingerprint density at radius 1 is 1.30 bits per heavy atom. The van der Waals surface area contributed by atoms with Crippen molar-refractivity contribution in [3.63, 3.8) is 0 Å². The van der Waals surface area contributed by atoms with Crippen LogP contribution in [0.25, 0.3) is 0 Å². The third-order valence-electron chi connectivity index (χ3n) is 3.80. The van der Waals surface area contributed by atoms with E-state index in [-0.39, 0.29) is 5.91 Å². The molecule has 0 atom stereocenters. The minimum atomic E-state index is -0.664. The second-order valence-corrected chi connectivity index (χ2v) is 5.53. The van der Waals surface area contributed by atoms with E-state index in [1.807, 2.05) is 19.9 Å². The summed E-state index contributed by atoms with van der Waals surface area (Å²) in [6, 6.07) is 5.29. The third kappa shape index (κ3) is 2.48. The maximum absolute atomic E-state index is 12.9. The van der Waals surface area contributed by atoms with Crippen molar-refractivity contribution < 1.29 is 4.79 Å². The van der Waals surface area contributed by atoms with Crippen LogP contribution in [0.4, 0.5) is 0 Å². The standard InChI is InChI=1S/C15H16Cl2N2O/c1-3-15(4-2,14(20)19-8-7-18-10-19)12-6-5-11(16)9-13(12)17/h5-10H,3-4H2,1-2H3. The zero-order chi connectivity index (χ0) is 14.8. The van der Waals surface area contributed by atoms with E-state index < -0.39 is 5.41 Å². The number of halogens is 2. The molecular weight excluding hydrogens is 295 g/mol. The molecule has 2 rings (SSSR count). The fourth-order valence-corrected chi connectivity index (χ4v) is 3.14. The van der Waals surface area contributed by atoms with Gasteiger partial charge in [-0.1, -0.05) is 43.1 Å². The van der Waals surface area contributed by atoms with Crippen molar-refractivity contribution in [2.75, 3.05) is 0 Å². The van der Waals surface area contributed by atoms with Crippen LogP contribution in [-0.2, 0) is 5.41 Å². The number of aromatic nitrogens is 2. The molecule has 1 aromatic heterocycles. The van der Waals surface area contributed by atoms with Gasteiger partial charge in [0.2, 0.25) is 5.91 Å². The van der Waals surface area contributed by atoms with Crippen LogP contribution in [0.3, 0.4) is 0 Å². The summed E-state index contributed by atoms with van der Waals surface area (Å²) in [6.07, 6.45) is 6.08. The van der Waals surface area contributed by atoms with Crippen LogP contribution in [0.15, 0.2) is 36.9 Å². The molecule has 0 radical (unpaired) electrons. The number of benzene rings is 1. The molecule has 0 spiro atoms. The molecule has 3 nitrogen and oxygen atoms in total. The first kappa shape index (κ1) is 15.1. The van der Waals surface area contributed by atoms with Crippen LogP contribution in [0.1, 0.15) is 37.0 Å². The topological polar surface area (TPSA) is 34.9 Å². The van der Waals surface area contributed by atoms with Crippen LogP contribution < -0.4 is 0 Å². The summed E-state index contributed by atoms with van der Waals surface area (Å²) < 4.78 is 1.51. The van der Waals surface area contributed by atoms with Gasteiger partial charge < -0.3 is 0 Å². The third-order valence-corrected chi connectivity index (χ3v) is 4.35. The van der Waals surface area contributed by atoms with Gasteiger partial charge in [0.15, 0.2) is 0 Å². The van der Waals surface area contributed by atoms with Gasteiger partial charge in [-0.25, -0.2) is 4.98 Å². The van der Waals surface area contributed by atoms with E-state index >= 15 is 0 Å². The number of carbonyl (C=O) groups is 1. The summed E-state index contributed by atoms with van der Waals surface area (Å²) in [4.78, 5) is 16.8. The van der Waals surface area contributed by atoms with Crippen molar-refractivity contribution in [1.29, 1.82) is 0 Å². The van der Waals surface area contributed by atoms with Crippen LogP contribution >= 0.6 is 23.2 Å². The number of hydrogen-bond acceptors (Lipinski definition) is 2. The normalized spacial score (nSPS) is 11.6. The first-order valence-electron chi connectivity index (χ1n) is 6.53. The molecule has 0 N–H and O–H groups in total. The lowest BCUT2D eigenvalue weighted by atomic mass is 9.75. The smallest absolute Gasteiger partial charge is 0.242 e. The SMILES string of the molecule is CCC(CC)(C(=O)n1ccnc1)c1ccc(Cl)cc1Cl. The lowest BCUT2D eigenvalue weighted by Crippen LogP contribution is -2.38. The van der Waals surface area contributed by atoms with E-state index in [1.165, 1.54) is 10.9 Å². The molecule has 1 aromatic carbocycles. The number of nitrogens with zero attached hydrogens (tertiary/aromatic N) is 2. The molecule has 0 aliphatic heterocycles. The quantitative estimate of drug-likeness (QED) is 0.828. The van der Waals surface area contributed by atoms with E-state index in [0.29, 0.717) is 22.9 Å². The first-order chi connectivity index (χ1) is 9.55. The second-order valence-electron chi connectivity index (χ2n) is 4.69. The Balaban J connectivity index is 2.57. The lowest BCUT2D eigenvalue weighted by Gasteiger charge is -2.31. The van der Waals surface area contributed by atoms with Crippen LogP contribution in [-0.4, -0.2) is 15.5 Å². The molecule has 0 saturated carbocycles. The highest BCUT2D eigenvalue weighted by Crippen LogP contribution is 2.38. The van der Waals surface area contributed by atoms with Gasteiger partial charge in [-0.2, -0.15) is 0 Å². The van der Waals surface area contributed by atoms with Gasteiger partial charge in [-0.15, -0.1) is 0 Å². The molecular formula is C15H16Cl2N2O. The molecule has 1 heterocycles. The van der Waals surface area contributed by atoms with Crippen molar-refractivity contribution in [1.82, 2.24) is 9.55 Å². The van der Waals surface area contributed by atoms with Crippen molar-refractivity contribution >= 4 is 29.1 Å². The molecule has 0 unspecified atom stereocenters. The van der Waals surface area contributed by atoms with E-state index in [9.17, 15) is 4.79 Å². The molecule has 0 saturated heterocycles. The van der Waals surface area contributed by atoms with Gasteiger partial charge in [-0.05, 0) is 30.5 Å². The summed E-state index contributed by atoms with van der Waals surface area (Å²) in [5, 5.41) is 1.09. The summed E-state index contributed by atoms with van der Waals surface area (Å²) >= 11 is 12.3. The second kappa shape index (κ2) is 5.98. The number of imidazole rings is 1. The van der Waals surface area contributed by atoms with Gasteiger partial charge in [0, 0.05) is 22.4 Å². The summed E-state index contributed by atoms with van der Waals surface area (Å²) in [6.45, 7) is 3.98. The van der Waals surface area contributed by atoms with E-state index in [1.54, 1.807) is 24.5 Å². The van der Waals surface area contributed by atoms with Crippen LogP contribution in [0, 0.1) is 0 Å². The fourth-order valence-electron chi connectivity index (χ4n) is 2.55. The molecule has 5 heteroatoms. The lowest BCUT2D eigenvalue weighted by molar-refractivity contribution is 0.0783. The van der Waals surface area contributed by atoms with Gasteiger partial charge >= 0.3 is 0 Å². The zero-order valence-corrected chi connectivity index (χ0v) is 12.9. The average Bonchev–Trinajstić information content (AvgIpc) is 2.96. The van der Waals surface area contributed by atoms with E-state index in [2.05, 4.69) is 4.98 Å². The molecule has 0 aliphatic carbocycles. The maximum Gasteiger partial charge on any atom is 0.242 e. The number of carbonyl (C=O) groups excluding carboxylic acids is 1. The maximum atomic E-state index is 12.9. The van der Waals surface area contributed by atoms with Gasteiger partial charge in [-0.3, -0.25) is 9.36 Å². The van der Waals surface area contributed by atoms with Gasteiger partial charge in [0.25, 0.3) is 0 Å². The Hall–Kier alpha value is -1.32. The molecule has 106 valence electrons. The molecule has 2 aromatic rings. The Morgan fingerprint density at radius 3 is 2.50 bits per heavy atom. The van der Waals surface area contributed by atoms with Crippen molar-refractivity contribution in [2.24, 2.45) is 0 Å². The molecule has 20 heavy (non-hydrogen) atoms. The highest BCUT2D eigenvalue weighted by molar-refractivity contribution is 6.35. The minimum Gasteiger partial charge on any atom is -0.276 e. The van der Waals surface area contributed by atoms with E-state index in [0.717, 1.165) is 5.56 Å². The van der Waals surface area contributed by atoms with Crippen LogP contribution in [0.2, 0.25) is 10.0 Å². The average molecular weight is 311 g/mol. The highest BCUT2D eigenvalue weighted by atomic mass is 35.5. The predicted octanol–water partition coefficient (Wildman–Crippen LogP) is 4.59. The summed E-state index contributed by atoms with van der Waals surface area (Å²) in [5.41, 5.74) is 0.148. The minimum absolute atomic E-state index is 0.0239. The molecule has 0 fully saturated rings. The molecule has 0 bridgehead atoms. The van der Waals surface area contributed by atoms with Crippen molar-refractivity contribution in [3.8, 4) is 0 Å². The Kier molecular flexibility index (Phi) is 4.51. The largest absolute Gasteiger partial charge is 0.276 e. The molecule has 0 amide bonds. The van der Waals surface area contributed by atoms with Gasteiger partial charge in [0.05, 0.1) is 5.41 Å². The fraction of sp³-hybridized carbons (Fsp3) is 0.333. The Morgan fingerprint density at radius 2 is 2.00 bits per heavy atom. The first-order valence-corrected chi connectivity index (χ1v) is 7.29. The summed E-state index contributed by atoms with van der Waals surface area (Å²) in [7, 11) is 0. The molecule has 0 aliphatic rings. The number of rotatable bonds is 4. The van der Waals surface area contributed by atoms with Crippen molar-refractivity contribution in [2.45, 2.75) is 32.1 Å². The van der Waals surface area contributed by atoms with Gasteiger partial charge in [0.1, 0.15) is 6.33 Å². The Labute approximate surface area is 128 Å². The van der Waals surface area contributed by atoms with Crippen LogP contribution in [0.5, 0.6) is 0 Å². The Bertz CT molecular complexity index is 604. The van der Waals surface area contributed by atoms with E-state index in [4.69, 9.17) is 23.2 Å². The predicted molar refractivity (Wildman–Crippen MR) is 81.6 cm³/mol. The number of hydrogen-bond donors (Lipinski definition) is 0. The van der Waals surface area contributed by atoms with Crippen molar-refractivity contribution in [3.05, 3.63) is 52.5 Å².